The summed E-state index contributed by atoms with van der Waals surface area (Å²) in [7, 11) is 0. The molecule has 2 amide bonds. The molecule has 3 aliphatic heterocycles. The van der Waals surface area contributed by atoms with Gasteiger partial charge in [0, 0.05) is 49.4 Å². The Hall–Kier alpha value is -3.83. The molecular weight excluding hydrogens is 493 g/mol. The summed E-state index contributed by atoms with van der Waals surface area (Å²) in [6.07, 6.45) is 3.48. The normalized spacial score (nSPS) is 24.4. The molecule has 12 heteroatoms. The number of nitrogens with one attached hydrogen (secondary N) is 1. The lowest BCUT2D eigenvalue weighted by molar-refractivity contribution is -0.0655. The van der Waals surface area contributed by atoms with Crippen molar-refractivity contribution in [3.8, 4) is 5.75 Å². The molecule has 3 aliphatic rings. The van der Waals surface area contributed by atoms with Crippen LogP contribution in [0.5, 0.6) is 5.75 Å². The summed E-state index contributed by atoms with van der Waals surface area (Å²) in [5.41, 5.74) is -2.48. The molecule has 1 aromatic carbocycles. The zero-order chi connectivity index (χ0) is 26.6. The van der Waals surface area contributed by atoms with Crippen LogP contribution in [0.25, 0.3) is 0 Å². The van der Waals surface area contributed by atoms with Crippen molar-refractivity contribution in [1.29, 1.82) is 0 Å². The van der Waals surface area contributed by atoms with E-state index in [-0.39, 0.29) is 18.3 Å². The first kappa shape index (κ1) is 24.8. The molecule has 5 rings (SSSR count). The third kappa shape index (κ3) is 3.94. The molecule has 2 aromatic rings. The minimum atomic E-state index is -1.20. The first-order valence-electron chi connectivity index (χ1n) is 12.0. The topological polar surface area (TPSA) is 113 Å². The van der Waals surface area contributed by atoms with Crippen LogP contribution in [0, 0.1) is 17.5 Å². The molecule has 1 spiro atoms. The first-order valence-corrected chi connectivity index (χ1v) is 12.0. The lowest BCUT2D eigenvalue weighted by Crippen LogP contribution is -2.52. The zero-order valence-corrected chi connectivity index (χ0v) is 20.2. The van der Waals surface area contributed by atoms with Gasteiger partial charge in [-0.3, -0.25) is 14.4 Å². The lowest BCUT2D eigenvalue weighted by Gasteiger charge is -2.41. The number of aromatic hydroxyl groups is 1. The Morgan fingerprint density at radius 1 is 1.27 bits per heavy atom. The second kappa shape index (κ2) is 8.93. The third-order valence-electron chi connectivity index (χ3n) is 7.55. The fraction of sp³-hybridized carbons (Fsp3) is 0.440. The number of hydrogen-bond acceptors (Lipinski definition) is 6. The molecule has 196 valence electrons. The standard InChI is InChI=1S/C25H25F3N4O5/c1-3-14-8-25(37-30-14)5-4-12(2)31-11-19(25)32-10-16(21(33)22(34)20(32)24(31)36)23(35)29-9-15-17(27)6-13(26)7-18(15)28/h6-7,10,12,19,34H,3-5,8-9,11H2,1-2H3,(H,29,35). The molecule has 1 saturated heterocycles. The highest BCUT2D eigenvalue weighted by molar-refractivity contribution is 5.99. The average molecular weight is 518 g/mol. The van der Waals surface area contributed by atoms with Crippen LogP contribution in [0.3, 0.4) is 0 Å². The summed E-state index contributed by atoms with van der Waals surface area (Å²) < 4.78 is 42.6. The quantitative estimate of drug-likeness (QED) is 0.646. The Bertz CT molecular complexity index is 1380. The average Bonchev–Trinajstić information content (AvgIpc) is 3.23. The van der Waals surface area contributed by atoms with E-state index >= 15 is 0 Å². The third-order valence-corrected chi connectivity index (χ3v) is 7.55. The van der Waals surface area contributed by atoms with Gasteiger partial charge in [-0.2, -0.15) is 0 Å². The minimum absolute atomic E-state index is 0.185. The summed E-state index contributed by atoms with van der Waals surface area (Å²) in [6.45, 7) is 3.37. The van der Waals surface area contributed by atoms with Crippen molar-refractivity contribution in [1.82, 2.24) is 14.8 Å². The fourth-order valence-electron chi connectivity index (χ4n) is 5.38. The Morgan fingerprint density at radius 2 is 1.97 bits per heavy atom. The van der Waals surface area contributed by atoms with Crippen molar-refractivity contribution < 1.29 is 32.7 Å². The van der Waals surface area contributed by atoms with Crippen molar-refractivity contribution >= 4 is 17.5 Å². The van der Waals surface area contributed by atoms with Crippen LogP contribution < -0.4 is 10.7 Å². The van der Waals surface area contributed by atoms with Crippen LogP contribution in [0.2, 0.25) is 0 Å². The molecule has 1 fully saturated rings. The van der Waals surface area contributed by atoms with Crippen molar-refractivity contribution in [3.05, 3.63) is 62.8 Å². The van der Waals surface area contributed by atoms with E-state index in [1.165, 1.54) is 10.8 Å². The summed E-state index contributed by atoms with van der Waals surface area (Å²) >= 11 is 0. The molecule has 2 bridgehead atoms. The molecule has 0 aliphatic carbocycles. The monoisotopic (exact) mass is 518 g/mol. The van der Waals surface area contributed by atoms with Gasteiger partial charge in [0.05, 0.1) is 11.8 Å². The van der Waals surface area contributed by atoms with Gasteiger partial charge in [-0.15, -0.1) is 0 Å². The number of halogens is 3. The summed E-state index contributed by atoms with van der Waals surface area (Å²) in [6, 6.07) is 0.197. The number of hydrogen-bond donors (Lipinski definition) is 2. The molecule has 0 saturated carbocycles. The van der Waals surface area contributed by atoms with Gasteiger partial charge < -0.3 is 24.7 Å². The molecule has 37 heavy (non-hydrogen) atoms. The highest BCUT2D eigenvalue weighted by Gasteiger charge is 2.54. The first-order chi connectivity index (χ1) is 17.6. The zero-order valence-electron chi connectivity index (χ0n) is 20.2. The maximum Gasteiger partial charge on any atom is 0.274 e. The molecular formula is C25H25F3N4O5. The maximum atomic E-state index is 14.0. The van der Waals surface area contributed by atoms with Crippen LogP contribution in [-0.2, 0) is 11.4 Å². The number of nitrogens with zero attached hydrogens (tertiary/aromatic N) is 3. The molecule has 0 radical (unpaired) electrons. The van der Waals surface area contributed by atoms with Crippen molar-refractivity contribution in [2.45, 2.75) is 63.8 Å². The van der Waals surface area contributed by atoms with E-state index in [1.54, 1.807) is 4.90 Å². The summed E-state index contributed by atoms with van der Waals surface area (Å²) in [4.78, 5) is 46.8. The highest BCUT2D eigenvalue weighted by atomic mass is 19.1. The predicted molar refractivity (Wildman–Crippen MR) is 125 cm³/mol. The van der Waals surface area contributed by atoms with Crippen molar-refractivity contribution in [2.24, 2.45) is 5.16 Å². The van der Waals surface area contributed by atoms with Crippen LogP contribution in [-0.4, -0.2) is 50.3 Å². The Balaban J connectivity index is 1.55. The van der Waals surface area contributed by atoms with E-state index in [0.29, 0.717) is 37.8 Å². The Labute approximate surface area is 209 Å². The summed E-state index contributed by atoms with van der Waals surface area (Å²) in [5, 5.41) is 17.3. The SMILES string of the molecule is CCC1=NOC2(CCC(C)N3CC2n2cc(C(=O)NCc4c(F)cc(F)cc4F)c(=O)c(O)c2C3=O)C1. The number of amides is 2. The smallest absolute Gasteiger partial charge is 0.274 e. The minimum Gasteiger partial charge on any atom is -0.503 e. The number of pyridine rings is 1. The van der Waals surface area contributed by atoms with E-state index in [1.807, 2.05) is 13.8 Å². The molecule has 4 heterocycles. The van der Waals surface area contributed by atoms with Crippen LogP contribution in [0.4, 0.5) is 13.2 Å². The molecule has 1 aromatic heterocycles. The molecule has 9 nitrogen and oxygen atoms in total. The van der Waals surface area contributed by atoms with E-state index in [0.717, 1.165) is 5.71 Å². The second-order valence-electron chi connectivity index (χ2n) is 9.71. The molecule has 3 atom stereocenters. The van der Waals surface area contributed by atoms with Crippen LogP contribution in [0.1, 0.15) is 72.0 Å². The van der Waals surface area contributed by atoms with Gasteiger partial charge >= 0.3 is 0 Å². The van der Waals surface area contributed by atoms with E-state index in [2.05, 4.69) is 10.5 Å². The van der Waals surface area contributed by atoms with E-state index < -0.39 is 69.8 Å². The number of carbonyl (C=O) groups is 2. The molecule has 2 N–H and O–H groups in total. The van der Waals surface area contributed by atoms with Gasteiger partial charge in [0.2, 0.25) is 5.43 Å². The van der Waals surface area contributed by atoms with Gasteiger partial charge in [0.15, 0.2) is 17.0 Å². The molecule has 3 unspecified atom stereocenters. The fourth-order valence-corrected chi connectivity index (χ4v) is 5.38. The Morgan fingerprint density at radius 3 is 2.62 bits per heavy atom. The maximum absolute atomic E-state index is 14.0. The number of fused-ring (bicyclic) bond motifs is 5. The van der Waals surface area contributed by atoms with Gasteiger partial charge in [0.1, 0.15) is 23.0 Å². The van der Waals surface area contributed by atoms with E-state index in [9.17, 15) is 32.7 Å². The van der Waals surface area contributed by atoms with Gasteiger partial charge in [0.25, 0.3) is 11.8 Å². The van der Waals surface area contributed by atoms with Gasteiger partial charge in [-0.1, -0.05) is 12.1 Å². The highest BCUT2D eigenvalue weighted by Crippen LogP contribution is 2.46. The van der Waals surface area contributed by atoms with Crippen molar-refractivity contribution in [3.63, 3.8) is 0 Å². The second-order valence-corrected chi connectivity index (χ2v) is 9.71. The Kier molecular flexibility index (Phi) is 5.99. The number of benzene rings is 1. The van der Waals surface area contributed by atoms with Crippen LogP contribution in [0.15, 0.2) is 28.3 Å². The predicted octanol–water partition coefficient (Wildman–Crippen LogP) is 3.01. The van der Waals surface area contributed by atoms with E-state index in [4.69, 9.17) is 4.84 Å². The lowest BCUT2D eigenvalue weighted by atomic mass is 9.83. The number of rotatable bonds is 4. The van der Waals surface area contributed by atoms with Crippen molar-refractivity contribution in [2.75, 3.05) is 6.54 Å². The van der Waals surface area contributed by atoms with Gasteiger partial charge in [-0.25, -0.2) is 13.2 Å². The number of aromatic nitrogens is 1. The van der Waals surface area contributed by atoms with Gasteiger partial charge in [-0.05, 0) is 26.2 Å². The number of carbonyl (C=O) groups excluding carboxylic acids is 2. The number of oxime groups is 1. The van der Waals surface area contributed by atoms with Crippen LogP contribution >= 0.6 is 0 Å². The largest absolute Gasteiger partial charge is 0.503 e. The summed E-state index contributed by atoms with van der Waals surface area (Å²) in [5.74, 6) is -5.99.